The number of para-hydroxylation sites is 1. The van der Waals surface area contributed by atoms with Gasteiger partial charge in [0.1, 0.15) is 6.54 Å². The molecule has 2 aromatic carbocycles. The number of hydrogen-bond acceptors (Lipinski definition) is 4. The van der Waals surface area contributed by atoms with Crippen LogP contribution in [0.25, 0.3) is 0 Å². The summed E-state index contributed by atoms with van der Waals surface area (Å²) in [5.41, 5.74) is 1.85. The molecule has 1 heterocycles. The molecule has 0 bridgehead atoms. The second-order valence-corrected chi connectivity index (χ2v) is 4.77. The van der Waals surface area contributed by atoms with E-state index in [4.69, 9.17) is 14.6 Å². The van der Waals surface area contributed by atoms with Crippen molar-refractivity contribution in [3.63, 3.8) is 0 Å². The molecule has 1 aliphatic rings. The fourth-order valence-electron chi connectivity index (χ4n) is 2.30. The molecule has 3 rings (SSSR count). The SMILES string of the molecule is O=C(O)CN(Cc1ccc2c(c1)OCO2)c1ccccc1. The van der Waals surface area contributed by atoms with Crippen molar-refractivity contribution >= 4 is 11.7 Å². The Morgan fingerprint density at radius 2 is 1.86 bits per heavy atom. The lowest BCUT2D eigenvalue weighted by Crippen LogP contribution is -2.29. The van der Waals surface area contributed by atoms with E-state index in [0.717, 1.165) is 17.0 Å². The Morgan fingerprint density at radius 1 is 1.10 bits per heavy atom. The first kappa shape index (κ1) is 13.3. The van der Waals surface area contributed by atoms with Crippen LogP contribution >= 0.6 is 0 Å². The highest BCUT2D eigenvalue weighted by atomic mass is 16.7. The molecule has 108 valence electrons. The molecule has 0 spiro atoms. The smallest absolute Gasteiger partial charge is 0.323 e. The number of carboxylic acid groups (broad SMARTS) is 1. The highest BCUT2D eigenvalue weighted by Gasteiger charge is 2.16. The van der Waals surface area contributed by atoms with Crippen molar-refractivity contribution in [3.05, 3.63) is 54.1 Å². The Labute approximate surface area is 122 Å². The van der Waals surface area contributed by atoms with Gasteiger partial charge in [-0.15, -0.1) is 0 Å². The number of aliphatic carboxylic acids is 1. The van der Waals surface area contributed by atoms with Crippen LogP contribution in [0.15, 0.2) is 48.5 Å². The van der Waals surface area contributed by atoms with E-state index in [0.29, 0.717) is 12.3 Å². The molecule has 0 unspecified atom stereocenters. The predicted molar refractivity (Wildman–Crippen MR) is 77.7 cm³/mol. The number of fused-ring (bicyclic) bond motifs is 1. The number of hydrogen-bond donors (Lipinski definition) is 1. The molecule has 1 N–H and O–H groups in total. The molecule has 5 nitrogen and oxygen atoms in total. The number of carbonyl (C=O) groups is 1. The van der Waals surface area contributed by atoms with Gasteiger partial charge in [0.25, 0.3) is 0 Å². The minimum atomic E-state index is -0.861. The van der Waals surface area contributed by atoms with Gasteiger partial charge in [0.2, 0.25) is 6.79 Å². The average molecular weight is 285 g/mol. The zero-order chi connectivity index (χ0) is 14.7. The Kier molecular flexibility index (Phi) is 3.64. The van der Waals surface area contributed by atoms with Gasteiger partial charge in [-0.3, -0.25) is 4.79 Å². The third-order valence-corrected chi connectivity index (χ3v) is 3.26. The first-order valence-electron chi connectivity index (χ1n) is 6.63. The number of rotatable bonds is 5. The van der Waals surface area contributed by atoms with Crippen LogP contribution in [-0.4, -0.2) is 24.4 Å². The van der Waals surface area contributed by atoms with Crippen molar-refractivity contribution in [1.82, 2.24) is 0 Å². The van der Waals surface area contributed by atoms with Crippen LogP contribution in [0.1, 0.15) is 5.56 Å². The lowest BCUT2D eigenvalue weighted by molar-refractivity contribution is -0.135. The molecule has 0 aromatic heterocycles. The minimum Gasteiger partial charge on any atom is -0.480 e. The van der Waals surface area contributed by atoms with E-state index in [-0.39, 0.29) is 13.3 Å². The fraction of sp³-hybridized carbons (Fsp3) is 0.188. The molecule has 0 radical (unpaired) electrons. The Balaban J connectivity index is 1.82. The molecule has 0 atom stereocenters. The van der Waals surface area contributed by atoms with Crippen LogP contribution in [0.3, 0.4) is 0 Å². The van der Waals surface area contributed by atoms with Crippen molar-refractivity contribution in [3.8, 4) is 11.5 Å². The average Bonchev–Trinajstić information content (AvgIpc) is 2.94. The second-order valence-electron chi connectivity index (χ2n) is 4.77. The molecule has 0 aliphatic carbocycles. The molecule has 0 saturated heterocycles. The quantitative estimate of drug-likeness (QED) is 0.914. The van der Waals surface area contributed by atoms with Crippen LogP contribution in [0.4, 0.5) is 5.69 Å². The number of carboxylic acids is 1. The molecular weight excluding hydrogens is 270 g/mol. The maximum Gasteiger partial charge on any atom is 0.323 e. The summed E-state index contributed by atoms with van der Waals surface area (Å²) in [6, 6.07) is 15.1. The third-order valence-electron chi connectivity index (χ3n) is 3.26. The van der Waals surface area contributed by atoms with Crippen LogP contribution in [0, 0.1) is 0 Å². The summed E-state index contributed by atoms with van der Waals surface area (Å²) >= 11 is 0. The largest absolute Gasteiger partial charge is 0.480 e. The van der Waals surface area contributed by atoms with E-state index >= 15 is 0 Å². The summed E-state index contributed by atoms with van der Waals surface area (Å²) in [6.07, 6.45) is 0. The molecule has 2 aromatic rings. The van der Waals surface area contributed by atoms with E-state index < -0.39 is 5.97 Å². The summed E-state index contributed by atoms with van der Waals surface area (Å²) in [5, 5.41) is 9.09. The van der Waals surface area contributed by atoms with Crippen molar-refractivity contribution in [2.24, 2.45) is 0 Å². The number of nitrogens with zero attached hydrogens (tertiary/aromatic N) is 1. The van der Waals surface area contributed by atoms with Crippen LogP contribution < -0.4 is 14.4 Å². The summed E-state index contributed by atoms with van der Waals surface area (Å²) in [4.78, 5) is 12.9. The number of anilines is 1. The normalized spacial score (nSPS) is 12.2. The number of ether oxygens (including phenoxy) is 2. The van der Waals surface area contributed by atoms with Crippen LogP contribution in [0.5, 0.6) is 11.5 Å². The van der Waals surface area contributed by atoms with Gasteiger partial charge in [0.15, 0.2) is 11.5 Å². The van der Waals surface area contributed by atoms with E-state index in [9.17, 15) is 4.79 Å². The van der Waals surface area contributed by atoms with E-state index in [1.165, 1.54) is 0 Å². The molecule has 21 heavy (non-hydrogen) atoms. The van der Waals surface area contributed by atoms with Gasteiger partial charge in [-0.1, -0.05) is 24.3 Å². The topological polar surface area (TPSA) is 59.0 Å². The van der Waals surface area contributed by atoms with Gasteiger partial charge in [0, 0.05) is 12.2 Å². The van der Waals surface area contributed by atoms with E-state index in [1.54, 1.807) is 4.90 Å². The molecule has 0 fully saturated rings. The van der Waals surface area contributed by atoms with Gasteiger partial charge in [-0.25, -0.2) is 0 Å². The lowest BCUT2D eigenvalue weighted by atomic mass is 10.1. The fourth-order valence-corrected chi connectivity index (χ4v) is 2.30. The standard InChI is InChI=1S/C16H15NO4/c18-16(19)10-17(13-4-2-1-3-5-13)9-12-6-7-14-15(8-12)21-11-20-14/h1-8H,9-11H2,(H,18,19). The summed E-state index contributed by atoms with van der Waals surface area (Å²) in [6.45, 7) is 0.668. The summed E-state index contributed by atoms with van der Waals surface area (Å²) < 4.78 is 10.6. The lowest BCUT2D eigenvalue weighted by Gasteiger charge is -2.23. The predicted octanol–water partition coefficient (Wildman–Crippen LogP) is 2.51. The first-order valence-corrected chi connectivity index (χ1v) is 6.63. The maximum absolute atomic E-state index is 11.1. The van der Waals surface area contributed by atoms with Gasteiger partial charge < -0.3 is 19.5 Å². The first-order chi connectivity index (χ1) is 10.2. The van der Waals surface area contributed by atoms with Gasteiger partial charge in [-0.05, 0) is 29.8 Å². The van der Waals surface area contributed by atoms with Crippen molar-refractivity contribution < 1.29 is 19.4 Å². The molecular formula is C16H15NO4. The van der Waals surface area contributed by atoms with Crippen molar-refractivity contribution in [2.75, 3.05) is 18.2 Å². The minimum absolute atomic E-state index is 0.0571. The monoisotopic (exact) mass is 285 g/mol. The zero-order valence-electron chi connectivity index (χ0n) is 11.4. The molecule has 1 aliphatic heterocycles. The third kappa shape index (κ3) is 3.08. The van der Waals surface area contributed by atoms with Gasteiger partial charge in [-0.2, -0.15) is 0 Å². The summed E-state index contributed by atoms with van der Waals surface area (Å²) in [7, 11) is 0. The second kappa shape index (κ2) is 5.75. The van der Waals surface area contributed by atoms with E-state index in [2.05, 4.69) is 0 Å². The van der Waals surface area contributed by atoms with Crippen molar-refractivity contribution in [2.45, 2.75) is 6.54 Å². The Morgan fingerprint density at radius 3 is 2.62 bits per heavy atom. The Hall–Kier alpha value is -2.69. The van der Waals surface area contributed by atoms with Gasteiger partial charge >= 0.3 is 5.97 Å². The van der Waals surface area contributed by atoms with Crippen LogP contribution in [0.2, 0.25) is 0 Å². The molecule has 0 saturated carbocycles. The van der Waals surface area contributed by atoms with Crippen LogP contribution in [-0.2, 0) is 11.3 Å². The highest BCUT2D eigenvalue weighted by molar-refractivity contribution is 5.73. The number of benzene rings is 2. The highest BCUT2D eigenvalue weighted by Crippen LogP contribution is 2.33. The van der Waals surface area contributed by atoms with E-state index in [1.807, 2.05) is 48.5 Å². The maximum atomic E-state index is 11.1. The van der Waals surface area contributed by atoms with Crippen molar-refractivity contribution in [1.29, 1.82) is 0 Å². The molecule has 5 heteroatoms. The zero-order valence-corrected chi connectivity index (χ0v) is 11.4. The Bertz CT molecular complexity index is 642. The summed E-state index contributed by atoms with van der Waals surface area (Å²) in [5.74, 6) is 0.568. The molecule has 0 amide bonds. The van der Waals surface area contributed by atoms with Gasteiger partial charge in [0.05, 0.1) is 0 Å².